The van der Waals surface area contributed by atoms with E-state index in [1.807, 2.05) is 28.8 Å². The number of carbonyl (C=O) groups is 2. The molecule has 0 radical (unpaired) electrons. The van der Waals surface area contributed by atoms with Gasteiger partial charge < -0.3 is 10.0 Å². The van der Waals surface area contributed by atoms with Gasteiger partial charge in [-0.25, -0.2) is 0 Å². The van der Waals surface area contributed by atoms with E-state index in [0.29, 0.717) is 12.8 Å². The molecule has 1 saturated heterocycles. The van der Waals surface area contributed by atoms with Crippen molar-refractivity contribution < 1.29 is 14.7 Å². The molecule has 1 amide bonds. The molecule has 0 aromatic rings. The molecule has 0 aromatic heterocycles. The predicted octanol–water partition coefficient (Wildman–Crippen LogP) is 2.40. The van der Waals surface area contributed by atoms with Crippen molar-refractivity contribution in [2.24, 2.45) is 11.8 Å². The van der Waals surface area contributed by atoms with Gasteiger partial charge in [0.2, 0.25) is 5.91 Å². The fourth-order valence-corrected chi connectivity index (χ4v) is 3.94. The molecule has 1 aliphatic carbocycles. The first kappa shape index (κ1) is 15.4. The Hall–Kier alpha value is -0.970. The lowest BCUT2D eigenvalue weighted by molar-refractivity contribution is -0.150. The summed E-state index contributed by atoms with van der Waals surface area (Å²) in [6.45, 7) is 5.88. The van der Waals surface area contributed by atoms with Crippen molar-refractivity contribution in [3.8, 4) is 0 Å². The molecule has 1 heterocycles. The summed E-state index contributed by atoms with van der Waals surface area (Å²) in [5.74, 6) is -0.837. The van der Waals surface area contributed by atoms with Gasteiger partial charge in [-0.3, -0.25) is 9.59 Å². The second kappa shape index (κ2) is 6.20. The molecule has 0 bridgehead atoms. The molecule has 1 N–H and O–H groups in total. The van der Waals surface area contributed by atoms with Crippen LogP contribution in [-0.4, -0.2) is 45.5 Å². The molecule has 2 rings (SSSR count). The van der Waals surface area contributed by atoms with Gasteiger partial charge in [0.05, 0.1) is 11.8 Å². The summed E-state index contributed by atoms with van der Waals surface area (Å²) in [6, 6.07) is 0. The Bertz CT molecular complexity index is 419. The Morgan fingerprint density at radius 1 is 1.20 bits per heavy atom. The maximum absolute atomic E-state index is 12.7. The van der Waals surface area contributed by atoms with Gasteiger partial charge in [0.25, 0.3) is 0 Å². The van der Waals surface area contributed by atoms with Crippen LogP contribution < -0.4 is 0 Å². The van der Waals surface area contributed by atoms with Gasteiger partial charge >= 0.3 is 5.97 Å². The summed E-state index contributed by atoms with van der Waals surface area (Å²) in [7, 11) is 0. The fraction of sp³-hybridized carbons (Fsp3) is 0.733. The van der Waals surface area contributed by atoms with Crippen LogP contribution in [0.25, 0.3) is 0 Å². The highest BCUT2D eigenvalue weighted by Crippen LogP contribution is 2.33. The molecule has 5 heteroatoms. The minimum atomic E-state index is -0.850. The molecule has 0 saturated carbocycles. The normalized spacial score (nSPS) is 29.8. The molecule has 2 atom stereocenters. The van der Waals surface area contributed by atoms with Gasteiger partial charge in [0, 0.05) is 23.6 Å². The van der Waals surface area contributed by atoms with Crippen molar-refractivity contribution in [3.05, 3.63) is 12.2 Å². The maximum atomic E-state index is 12.7. The molecule has 4 nitrogen and oxygen atoms in total. The molecule has 1 fully saturated rings. The van der Waals surface area contributed by atoms with Crippen LogP contribution in [0.5, 0.6) is 0 Å². The van der Waals surface area contributed by atoms with Gasteiger partial charge in [0.15, 0.2) is 0 Å². The second-order valence-corrected chi connectivity index (χ2v) is 7.98. The molecule has 0 unspecified atom stereocenters. The minimum absolute atomic E-state index is 0.0278. The van der Waals surface area contributed by atoms with E-state index < -0.39 is 11.9 Å². The number of hydrogen-bond donors (Lipinski definition) is 1. The van der Waals surface area contributed by atoms with Gasteiger partial charge in [0.1, 0.15) is 0 Å². The van der Waals surface area contributed by atoms with Crippen molar-refractivity contribution in [2.75, 3.05) is 18.8 Å². The Labute approximate surface area is 124 Å². The highest BCUT2D eigenvalue weighted by Gasteiger charge is 2.37. The van der Waals surface area contributed by atoms with E-state index in [4.69, 9.17) is 0 Å². The third kappa shape index (κ3) is 3.57. The first-order valence-corrected chi connectivity index (χ1v) is 8.20. The summed E-state index contributed by atoms with van der Waals surface area (Å²) >= 11 is 1.89. The Kier molecular flexibility index (Phi) is 4.78. The number of aliphatic carboxylic acids is 1. The number of thioether (sulfide) groups is 1. The van der Waals surface area contributed by atoms with Crippen LogP contribution >= 0.6 is 11.8 Å². The average Bonchev–Trinajstić information content (AvgIpc) is 2.59. The summed E-state index contributed by atoms with van der Waals surface area (Å²) in [5.41, 5.74) is 0. The molecule has 20 heavy (non-hydrogen) atoms. The zero-order valence-electron chi connectivity index (χ0n) is 12.2. The minimum Gasteiger partial charge on any atom is -0.481 e. The van der Waals surface area contributed by atoms with Crippen LogP contribution in [0.3, 0.4) is 0 Å². The van der Waals surface area contributed by atoms with E-state index in [9.17, 15) is 14.7 Å². The number of rotatable bonds is 2. The van der Waals surface area contributed by atoms with Crippen molar-refractivity contribution in [1.82, 2.24) is 4.90 Å². The molecule has 112 valence electrons. The van der Waals surface area contributed by atoms with Crippen LogP contribution in [0.1, 0.15) is 33.1 Å². The standard InChI is InChI=1S/C15H23NO3S/c1-15(2)7-8-16(9-10-20-15)13(17)11-5-3-4-6-12(11)14(18)19/h3-4,11-12H,5-10H2,1-2H3,(H,18,19)/t11-,12+/m1/s1. The van der Waals surface area contributed by atoms with Crippen LogP contribution in [0.4, 0.5) is 0 Å². The summed E-state index contributed by atoms with van der Waals surface area (Å²) in [4.78, 5) is 25.8. The van der Waals surface area contributed by atoms with E-state index >= 15 is 0 Å². The van der Waals surface area contributed by atoms with E-state index in [0.717, 1.165) is 25.3 Å². The number of allylic oxidation sites excluding steroid dienone is 2. The number of carbonyl (C=O) groups excluding carboxylic acids is 1. The first-order valence-electron chi connectivity index (χ1n) is 7.21. The summed E-state index contributed by atoms with van der Waals surface area (Å²) < 4.78 is 0.202. The zero-order chi connectivity index (χ0) is 14.8. The van der Waals surface area contributed by atoms with Gasteiger partial charge in [-0.05, 0) is 19.3 Å². The Morgan fingerprint density at radius 3 is 2.50 bits per heavy atom. The Morgan fingerprint density at radius 2 is 1.85 bits per heavy atom. The lowest BCUT2D eigenvalue weighted by Gasteiger charge is -2.30. The smallest absolute Gasteiger partial charge is 0.307 e. The number of carboxylic acids is 1. The van der Waals surface area contributed by atoms with Crippen molar-refractivity contribution in [3.63, 3.8) is 0 Å². The molecule has 0 spiro atoms. The van der Waals surface area contributed by atoms with E-state index in [1.54, 1.807) is 0 Å². The maximum Gasteiger partial charge on any atom is 0.307 e. The fourth-order valence-electron chi connectivity index (χ4n) is 2.84. The highest BCUT2D eigenvalue weighted by atomic mass is 32.2. The molecular weight excluding hydrogens is 274 g/mol. The van der Waals surface area contributed by atoms with Crippen LogP contribution in [0.15, 0.2) is 12.2 Å². The molecule has 0 aromatic carbocycles. The largest absolute Gasteiger partial charge is 0.481 e. The quantitative estimate of drug-likeness (QED) is 0.795. The second-order valence-electron chi connectivity index (χ2n) is 6.18. The summed E-state index contributed by atoms with van der Waals surface area (Å²) in [6.07, 6.45) is 5.81. The van der Waals surface area contributed by atoms with Crippen molar-refractivity contribution >= 4 is 23.6 Å². The third-order valence-corrected chi connectivity index (χ3v) is 5.59. The number of hydrogen-bond acceptors (Lipinski definition) is 3. The zero-order valence-corrected chi connectivity index (χ0v) is 13.0. The third-order valence-electron chi connectivity index (χ3n) is 4.22. The van der Waals surface area contributed by atoms with Crippen LogP contribution in [-0.2, 0) is 9.59 Å². The van der Waals surface area contributed by atoms with Crippen LogP contribution in [0.2, 0.25) is 0 Å². The van der Waals surface area contributed by atoms with Crippen LogP contribution in [0, 0.1) is 11.8 Å². The average molecular weight is 297 g/mol. The predicted molar refractivity (Wildman–Crippen MR) is 80.7 cm³/mol. The molecule has 2 aliphatic rings. The van der Waals surface area contributed by atoms with E-state index in [2.05, 4.69) is 13.8 Å². The lowest BCUT2D eigenvalue weighted by atomic mass is 9.82. The topological polar surface area (TPSA) is 57.6 Å². The van der Waals surface area contributed by atoms with E-state index in [1.165, 1.54) is 0 Å². The lowest BCUT2D eigenvalue weighted by Crippen LogP contribution is -2.43. The molecule has 1 aliphatic heterocycles. The SMILES string of the molecule is CC1(C)CCN(C(=O)[C@@H]2CC=CC[C@@H]2C(=O)O)CCS1. The van der Waals surface area contributed by atoms with Gasteiger partial charge in [-0.1, -0.05) is 26.0 Å². The number of amides is 1. The Balaban J connectivity index is 2.06. The number of carboxylic acid groups (broad SMARTS) is 1. The van der Waals surface area contributed by atoms with Gasteiger partial charge in [-0.15, -0.1) is 0 Å². The first-order chi connectivity index (χ1) is 9.41. The van der Waals surface area contributed by atoms with Gasteiger partial charge in [-0.2, -0.15) is 11.8 Å². The summed E-state index contributed by atoms with van der Waals surface area (Å²) in [5, 5.41) is 9.29. The molecular formula is C15H23NO3S. The van der Waals surface area contributed by atoms with Crippen molar-refractivity contribution in [1.29, 1.82) is 0 Å². The van der Waals surface area contributed by atoms with Crippen molar-refractivity contribution in [2.45, 2.75) is 37.9 Å². The van der Waals surface area contributed by atoms with E-state index in [-0.39, 0.29) is 16.6 Å². The number of nitrogens with zero attached hydrogens (tertiary/aromatic N) is 1. The monoisotopic (exact) mass is 297 g/mol. The highest BCUT2D eigenvalue weighted by molar-refractivity contribution is 8.00.